The van der Waals surface area contributed by atoms with E-state index in [1.807, 2.05) is 0 Å². The van der Waals surface area contributed by atoms with Crippen LogP contribution in [0.1, 0.15) is 10.6 Å². The molecule has 5 nitrogen and oxygen atoms in total. The van der Waals surface area contributed by atoms with E-state index in [9.17, 15) is 14.7 Å². The highest BCUT2D eigenvalue weighted by atomic mass is 16.4. The van der Waals surface area contributed by atoms with E-state index in [-0.39, 0.29) is 17.1 Å². The number of carboxylic acid groups (broad SMARTS) is 1. The maximum absolute atomic E-state index is 11.3. The Hall–Kier alpha value is -2.56. The molecule has 5 heteroatoms. The summed E-state index contributed by atoms with van der Waals surface area (Å²) < 4.78 is 5.03. The van der Waals surface area contributed by atoms with Gasteiger partial charge in [-0.05, 0) is 12.1 Å². The first kappa shape index (κ1) is 10.9. The number of phenolic OH excluding ortho intramolecular Hbond substituents is 1. The quantitative estimate of drug-likeness (QED) is 0.822. The molecule has 0 aliphatic rings. The van der Waals surface area contributed by atoms with Gasteiger partial charge in [-0.2, -0.15) is 0 Å². The minimum atomic E-state index is -1.33. The third kappa shape index (κ3) is 2.17. The average molecular weight is 232 g/mol. The van der Waals surface area contributed by atoms with Crippen LogP contribution in [0.4, 0.5) is 0 Å². The predicted molar refractivity (Wildman–Crippen MR) is 59.0 cm³/mol. The van der Waals surface area contributed by atoms with Crippen LogP contribution in [-0.2, 0) is 0 Å². The maximum atomic E-state index is 11.3. The molecule has 0 unspecified atom stereocenters. The van der Waals surface area contributed by atoms with E-state index in [0.717, 1.165) is 12.1 Å². The third-order valence-electron chi connectivity index (χ3n) is 2.15. The summed E-state index contributed by atoms with van der Waals surface area (Å²) in [5, 5.41) is 18.3. The van der Waals surface area contributed by atoms with Gasteiger partial charge in [0.25, 0.3) is 0 Å². The summed E-state index contributed by atoms with van der Waals surface area (Å²) in [5.74, 6) is -1.86. The Kier molecular flexibility index (Phi) is 2.66. The molecule has 0 fully saturated rings. The summed E-state index contributed by atoms with van der Waals surface area (Å²) in [5.41, 5.74) is -0.223. The monoisotopic (exact) mass is 232 g/mol. The second kappa shape index (κ2) is 4.13. The van der Waals surface area contributed by atoms with E-state index in [1.165, 1.54) is 12.1 Å². The molecule has 1 heterocycles. The van der Waals surface area contributed by atoms with Gasteiger partial charge in [-0.25, -0.2) is 4.79 Å². The number of carboxylic acids is 1. The lowest BCUT2D eigenvalue weighted by Crippen LogP contribution is -2.05. The minimum Gasteiger partial charge on any atom is -0.507 e. The van der Waals surface area contributed by atoms with Crippen LogP contribution in [0, 0.1) is 0 Å². The van der Waals surface area contributed by atoms with Crippen LogP contribution in [-0.4, -0.2) is 16.2 Å². The molecule has 0 spiro atoms. The van der Waals surface area contributed by atoms with Crippen molar-refractivity contribution in [3.8, 4) is 17.1 Å². The fourth-order valence-corrected chi connectivity index (χ4v) is 1.40. The van der Waals surface area contributed by atoms with Gasteiger partial charge < -0.3 is 14.6 Å². The number of hydrogen-bond donors (Lipinski definition) is 2. The lowest BCUT2D eigenvalue weighted by atomic mass is 10.1. The molecule has 0 aliphatic heterocycles. The second-order valence-corrected chi connectivity index (χ2v) is 3.34. The first-order chi connectivity index (χ1) is 8.08. The van der Waals surface area contributed by atoms with Crippen molar-refractivity contribution in [3.63, 3.8) is 0 Å². The van der Waals surface area contributed by atoms with Gasteiger partial charge in [-0.1, -0.05) is 12.1 Å². The fourth-order valence-electron chi connectivity index (χ4n) is 1.40. The van der Waals surface area contributed by atoms with Crippen molar-refractivity contribution in [2.75, 3.05) is 0 Å². The Bertz CT molecular complexity index is 627. The molecule has 0 aliphatic carbocycles. The molecule has 86 valence electrons. The zero-order chi connectivity index (χ0) is 12.4. The van der Waals surface area contributed by atoms with Crippen LogP contribution in [0.15, 0.2) is 45.6 Å². The molecule has 0 bridgehead atoms. The van der Waals surface area contributed by atoms with Gasteiger partial charge in [0.1, 0.15) is 11.5 Å². The number of aromatic hydroxyl groups is 1. The van der Waals surface area contributed by atoms with Crippen LogP contribution < -0.4 is 5.43 Å². The number of phenols is 1. The summed E-state index contributed by atoms with van der Waals surface area (Å²) >= 11 is 0. The normalized spacial score (nSPS) is 10.1. The highest BCUT2D eigenvalue weighted by molar-refractivity contribution is 5.84. The van der Waals surface area contributed by atoms with E-state index in [1.54, 1.807) is 12.1 Å². The van der Waals surface area contributed by atoms with Crippen molar-refractivity contribution >= 4 is 5.97 Å². The molecule has 0 atom stereocenters. The number of benzene rings is 1. The smallest absolute Gasteiger partial charge is 0.371 e. The van der Waals surface area contributed by atoms with E-state index < -0.39 is 17.2 Å². The van der Waals surface area contributed by atoms with E-state index >= 15 is 0 Å². The van der Waals surface area contributed by atoms with Crippen LogP contribution in [0.3, 0.4) is 0 Å². The zero-order valence-electron chi connectivity index (χ0n) is 8.58. The summed E-state index contributed by atoms with van der Waals surface area (Å²) in [6.45, 7) is 0. The molecule has 0 saturated heterocycles. The molecule has 1 aromatic heterocycles. The molecular formula is C12H8O5. The van der Waals surface area contributed by atoms with Gasteiger partial charge in [0.05, 0.1) is 5.56 Å². The Morgan fingerprint density at radius 1 is 1.18 bits per heavy atom. The van der Waals surface area contributed by atoms with Crippen LogP contribution >= 0.6 is 0 Å². The second-order valence-electron chi connectivity index (χ2n) is 3.34. The zero-order valence-corrected chi connectivity index (χ0v) is 8.58. The highest BCUT2D eigenvalue weighted by Crippen LogP contribution is 2.27. The Labute approximate surface area is 95.6 Å². The lowest BCUT2D eigenvalue weighted by molar-refractivity contribution is 0.0660. The predicted octanol–water partition coefficient (Wildman–Crippen LogP) is 1.71. The maximum Gasteiger partial charge on any atom is 0.371 e. The summed E-state index contributed by atoms with van der Waals surface area (Å²) in [4.78, 5) is 22.0. The molecule has 2 aromatic rings. The minimum absolute atomic E-state index is 0.0213. The van der Waals surface area contributed by atoms with Crippen molar-refractivity contribution in [1.82, 2.24) is 0 Å². The number of rotatable bonds is 2. The standard InChI is InChI=1S/C12H8O5/c13-7-5-10(17-11(6-7)12(15)16)8-3-1-2-4-9(8)14/h1-6,14H,(H,15,16). The first-order valence-electron chi connectivity index (χ1n) is 4.75. The summed E-state index contributed by atoms with van der Waals surface area (Å²) in [6.07, 6.45) is 0. The highest BCUT2D eigenvalue weighted by Gasteiger charge is 2.12. The van der Waals surface area contributed by atoms with E-state index in [0.29, 0.717) is 0 Å². The lowest BCUT2D eigenvalue weighted by Gasteiger charge is -2.03. The van der Waals surface area contributed by atoms with E-state index in [2.05, 4.69) is 0 Å². The van der Waals surface area contributed by atoms with Gasteiger partial charge in [-0.15, -0.1) is 0 Å². The van der Waals surface area contributed by atoms with Crippen molar-refractivity contribution < 1.29 is 19.4 Å². The molecular weight excluding hydrogens is 224 g/mol. The average Bonchev–Trinajstić information content (AvgIpc) is 2.28. The van der Waals surface area contributed by atoms with E-state index in [4.69, 9.17) is 9.52 Å². The van der Waals surface area contributed by atoms with Crippen LogP contribution in [0.25, 0.3) is 11.3 Å². The molecule has 0 radical (unpaired) electrons. The Morgan fingerprint density at radius 2 is 1.88 bits per heavy atom. The number of carbonyl (C=O) groups is 1. The Morgan fingerprint density at radius 3 is 2.53 bits per heavy atom. The molecule has 0 saturated carbocycles. The first-order valence-corrected chi connectivity index (χ1v) is 4.75. The van der Waals surface area contributed by atoms with Gasteiger partial charge in [0, 0.05) is 12.1 Å². The molecule has 1 aromatic carbocycles. The summed E-state index contributed by atoms with van der Waals surface area (Å²) in [7, 11) is 0. The fraction of sp³-hybridized carbons (Fsp3) is 0. The van der Waals surface area contributed by atoms with Crippen molar-refractivity contribution in [1.29, 1.82) is 0 Å². The van der Waals surface area contributed by atoms with Crippen LogP contribution in [0.2, 0.25) is 0 Å². The van der Waals surface area contributed by atoms with Crippen molar-refractivity contribution in [2.24, 2.45) is 0 Å². The van der Waals surface area contributed by atoms with Gasteiger partial charge >= 0.3 is 5.97 Å². The number of para-hydroxylation sites is 1. The van der Waals surface area contributed by atoms with Gasteiger partial charge in [0.15, 0.2) is 5.43 Å². The molecule has 2 rings (SSSR count). The number of hydrogen-bond acceptors (Lipinski definition) is 4. The molecule has 17 heavy (non-hydrogen) atoms. The Balaban J connectivity index is 2.64. The van der Waals surface area contributed by atoms with Crippen molar-refractivity contribution in [3.05, 3.63) is 52.4 Å². The van der Waals surface area contributed by atoms with Crippen molar-refractivity contribution in [2.45, 2.75) is 0 Å². The number of aromatic carboxylic acids is 1. The van der Waals surface area contributed by atoms with Gasteiger partial charge in [-0.3, -0.25) is 4.79 Å². The topological polar surface area (TPSA) is 87.7 Å². The molecule has 2 N–H and O–H groups in total. The van der Waals surface area contributed by atoms with Crippen LogP contribution in [0.5, 0.6) is 5.75 Å². The largest absolute Gasteiger partial charge is 0.507 e. The summed E-state index contributed by atoms with van der Waals surface area (Å²) in [6, 6.07) is 8.20. The third-order valence-corrected chi connectivity index (χ3v) is 2.15. The SMILES string of the molecule is O=C(O)c1cc(=O)cc(-c2ccccc2O)o1. The molecule has 0 amide bonds. The van der Waals surface area contributed by atoms with Gasteiger partial charge in [0.2, 0.25) is 5.76 Å².